The van der Waals surface area contributed by atoms with E-state index in [4.69, 9.17) is 0 Å². The molecule has 0 radical (unpaired) electrons. The maximum Gasteiger partial charge on any atom is 0.280 e. The molecule has 1 aromatic carbocycles. The third kappa shape index (κ3) is 2.12. The van der Waals surface area contributed by atoms with Gasteiger partial charge in [-0.05, 0) is 19.1 Å². The Labute approximate surface area is 124 Å². The van der Waals surface area contributed by atoms with E-state index in [1.165, 1.54) is 17.7 Å². The van der Waals surface area contributed by atoms with Gasteiger partial charge in [0.15, 0.2) is 0 Å². The zero-order chi connectivity index (χ0) is 15.9. The van der Waals surface area contributed by atoms with Crippen molar-refractivity contribution in [2.24, 2.45) is 0 Å². The Morgan fingerprint density at radius 2 is 1.86 bits per heavy atom. The number of pyridine rings is 1. The molecule has 1 amide bonds. The molecular formula is C15H14N4O3. The number of benzene rings is 1. The third-order valence-corrected chi connectivity index (χ3v) is 3.39. The van der Waals surface area contributed by atoms with E-state index in [2.05, 4.69) is 10.5 Å². The maximum absolute atomic E-state index is 12.6. The summed E-state index contributed by atoms with van der Waals surface area (Å²) in [5, 5.41) is 3.28. The van der Waals surface area contributed by atoms with Crippen molar-refractivity contribution in [3.63, 3.8) is 0 Å². The molecule has 7 nitrogen and oxygen atoms in total. The molecule has 0 atom stereocenters. The van der Waals surface area contributed by atoms with Crippen molar-refractivity contribution in [3.8, 4) is 5.69 Å². The summed E-state index contributed by atoms with van der Waals surface area (Å²) in [5.74, 6) is -0.386. The second-order valence-corrected chi connectivity index (χ2v) is 4.95. The summed E-state index contributed by atoms with van der Waals surface area (Å²) in [6.45, 7) is 2.92. The number of hydrogen-bond donors (Lipinski definition) is 2. The van der Waals surface area contributed by atoms with Crippen molar-refractivity contribution in [1.29, 1.82) is 0 Å². The molecule has 0 saturated heterocycles. The second-order valence-electron chi connectivity index (χ2n) is 4.95. The average molecular weight is 298 g/mol. The highest BCUT2D eigenvalue weighted by atomic mass is 16.2. The molecule has 22 heavy (non-hydrogen) atoms. The van der Waals surface area contributed by atoms with Crippen LogP contribution in [0.2, 0.25) is 0 Å². The number of aromatic amines is 1. The van der Waals surface area contributed by atoms with Crippen molar-refractivity contribution in [1.82, 2.24) is 14.5 Å². The van der Waals surface area contributed by atoms with Gasteiger partial charge in [0.1, 0.15) is 0 Å². The number of H-pyrrole nitrogens is 1. The van der Waals surface area contributed by atoms with Crippen LogP contribution in [0.1, 0.15) is 12.6 Å². The van der Waals surface area contributed by atoms with Gasteiger partial charge in [-0.1, -0.05) is 18.2 Å². The zero-order valence-corrected chi connectivity index (χ0v) is 12.1. The molecule has 0 fully saturated rings. The fraction of sp³-hybridized carbons (Fsp3) is 0.133. The molecule has 0 bridgehead atoms. The first kappa shape index (κ1) is 13.9. The summed E-state index contributed by atoms with van der Waals surface area (Å²) in [6, 6.07) is 10.3. The van der Waals surface area contributed by atoms with Crippen LogP contribution in [-0.2, 0) is 4.79 Å². The molecule has 3 aromatic rings. The van der Waals surface area contributed by atoms with E-state index in [1.807, 2.05) is 18.2 Å². The zero-order valence-electron chi connectivity index (χ0n) is 12.1. The van der Waals surface area contributed by atoms with E-state index in [0.717, 1.165) is 4.68 Å². The van der Waals surface area contributed by atoms with E-state index in [-0.39, 0.29) is 11.5 Å². The number of para-hydroxylation sites is 1. The second kappa shape index (κ2) is 5.03. The number of amides is 1. The number of carbonyl (C=O) groups is 1. The van der Waals surface area contributed by atoms with E-state index in [1.54, 1.807) is 19.1 Å². The first-order chi connectivity index (χ1) is 10.5. The monoisotopic (exact) mass is 298 g/mol. The predicted molar refractivity (Wildman–Crippen MR) is 82.9 cm³/mol. The number of hydrogen-bond acceptors (Lipinski definition) is 3. The maximum atomic E-state index is 12.6. The molecule has 3 rings (SSSR count). The van der Waals surface area contributed by atoms with Crippen LogP contribution in [0, 0.1) is 6.92 Å². The van der Waals surface area contributed by atoms with Gasteiger partial charge in [-0.25, -0.2) is 9.36 Å². The first-order valence-corrected chi connectivity index (χ1v) is 6.69. The number of fused-ring (bicyclic) bond motifs is 1. The lowest BCUT2D eigenvalue weighted by Gasteiger charge is -2.09. The van der Waals surface area contributed by atoms with Crippen molar-refractivity contribution in [3.05, 3.63) is 62.8 Å². The summed E-state index contributed by atoms with van der Waals surface area (Å²) in [7, 11) is 0. The average Bonchev–Trinajstić information content (AvgIpc) is 2.81. The van der Waals surface area contributed by atoms with Gasteiger partial charge in [0.25, 0.3) is 11.1 Å². The number of nitrogens with one attached hydrogen (secondary N) is 2. The molecule has 7 heteroatoms. The highest BCUT2D eigenvalue weighted by Gasteiger charge is 2.15. The quantitative estimate of drug-likeness (QED) is 0.736. The summed E-state index contributed by atoms with van der Waals surface area (Å²) in [5.41, 5.74) is 3.20. The first-order valence-electron chi connectivity index (χ1n) is 6.69. The summed E-state index contributed by atoms with van der Waals surface area (Å²) in [4.78, 5) is 35.9. The third-order valence-electron chi connectivity index (χ3n) is 3.39. The topological polar surface area (TPSA) is 88.9 Å². The van der Waals surface area contributed by atoms with Gasteiger partial charge in [0, 0.05) is 13.0 Å². The van der Waals surface area contributed by atoms with Crippen LogP contribution in [0.3, 0.4) is 0 Å². The van der Waals surface area contributed by atoms with Gasteiger partial charge in [-0.3, -0.25) is 24.9 Å². The minimum Gasteiger partial charge on any atom is -0.290 e. The van der Waals surface area contributed by atoms with Gasteiger partial charge >= 0.3 is 0 Å². The van der Waals surface area contributed by atoms with Crippen LogP contribution in [0.25, 0.3) is 16.6 Å². The van der Waals surface area contributed by atoms with E-state index in [0.29, 0.717) is 22.3 Å². The summed E-state index contributed by atoms with van der Waals surface area (Å²) in [6.07, 6.45) is 0. The predicted octanol–water partition coefficient (Wildman–Crippen LogP) is 0.879. The number of rotatable bonds is 2. The Balaban J connectivity index is 2.32. The highest BCUT2D eigenvalue weighted by molar-refractivity contribution is 5.84. The molecule has 0 spiro atoms. The molecular weight excluding hydrogens is 284 g/mol. The number of aromatic nitrogens is 3. The fourth-order valence-corrected chi connectivity index (χ4v) is 2.43. The Morgan fingerprint density at radius 1 is 1.18 bits per heavy atom. The largest absolute Gasteiger partial charge is 0.290 e. The van der Waals surface area contributed by atoms with Gasteiger partial charge in [-0.15, -0.1) is 0 Å². The summed E-state index contributed by atoms with van der Waals surface area (Å²) < 4.78 is 2.45. The molecule has 0 aliphatic rings. The summed E-state index contributed by atoms with van der Waals surface area (Å²) >= 11 is 0. The number of carbonyl (C=O) groups excluding carboxylic acids is 1. The molecule has 2 N–H and O–H groups in total. The Bertz CT molecular complexity index is 980. The van der Waals surface area contributed by atoms with E-state index >= 15 is 0 Å². The molecule has 112 valence electrons. The van der Waals surface area contributed by atoms with Crippen molar-refractivity contribution in [2.45, 2.75) is 13.8 Å². The van der Waals surface area contributed by atoms with Crippen LogP contribution < -0.4 is 16.5 Å². The lowest BCUT2D eigenvalue weighted by molar-refractivity contribution is -0.115. The molecule has 2 aromatic heterocycles. The molecule has 0 unspecified atom stereocenters. The van der Waals surface area contributed by atoms with E-state index in [9.17, 15) is 14.4 Å². The Kier molecular flexibility index (Phi) is 3.17. The minimum atomic E-state index is -0.415. The number of aryl methyl sites for hydroxylation is 1. The van der Waals surface area contributed by atoms with Gasteiger partial charge in [0.05, 0.1) is 22.3 Å². The van der Waals surface area contributed by atoms with Gasteiger partial charge in [0.2, 0.25) is 5.91 Å². The van der Waals surface area contributed by atoms with Crippen molar-refractivity contribution in [2.75, 3.05) is 5.43 Å². The molecule has 0 aliphatic carbocycles. The Hall–Kier alpha value is -3.09. The van der Waals surface area contributed by atoms with Crippen LogP contribution in [0.4, 0.5) is 0 Å². The van der Waals surface area contributed by atoms with Crippen molar-refractivity contribution >= 4 is 16.8 Å². The highest BCUT2D eigenvalue weighted by Crippen LogP contribution is 2.12. The lowest BCUT2D eigenvalue weighted by Crippen LogP contribution is -2.33. The standard InChI is InChI=1S/C15H14N4O3/c1-9-14-12(8-13(21)18(9)16-10(2)20)17-19(15(14)22)11-6-4-3-5-7-11/h3-8,17H,1-2H3,(H,16,20). The molecule has 2 heterocycles. The van der Waals surface area contributed by atoms with Gasteiger partial charge < -0.3 is 0 Å². The minimum absolute atomic E-state index is 0.280. The fourth-order valence-electron chi connectivity index (χ4n) is 2.43. The number of nitrogens with zero attached hydrogens (tertiary/aromatic N) is 2. The molecule has 0 aliphatic heterocycles. The normalized spacial score (nSPS) is 10.8. The van der Waals surface area contributed by atoms with Crippen molar-refractivity contribution < 1.29 is 4.79 Å². The lowest BCUT2D eigenvalue weighted by atomic mass is 10.2. The molecule has 0 saturated carbocycles. The van der Waals surface area contributed by atoms with Crippen LogP contribution in [0.5, 0.6) is 0 Å². The Morgan fingerprint density at radius 3 is 2.50 bits per heavy atom. The van der Waals surface area contributed by atoms with Crippen LogP contribution >= 0.6 is 0 Å². The SMILES string of the molecule is CC(=O)Nn1c(C)c2c(=O)n(-c3ccccc3)[nH]c2cc1=O. The van der Waals surface area contributed by atoms with Crippen LogP contribution in [0.15, 0.2) is 46.0 Å². The van der Waals surface area contributed by atoms with Crippen LogP contribution in [-0.4, -0.2) is 20.4 Å². The smallest absolute Gasteiger partial charge is 0.280 e. The van der Waals surface area contributed by atoms with E-state index < -0.39 is 5.56 Å². The van der Waals surface area contributed by atoms with Gasteiger partial charge in [-0.2, -0.15) is 0 Å².